The van der Waals surface area contributed by atoms with E-state index >= 15 is 0 Å². The number of hydrogen-bond donors (Lipinski definition) is 2. The summed E-state index contributed by atoms with van der Waals surface area (Å²) in [6.45, 7) is 0. The summed E-state index contributed by atoms with van der Waals surface area (Å²) in [5.74, 6) is -1.68. The summed E-state index contributed by atoms with van der Waals surface area (Å²) < 4.78 is 13.6. The van der Waals surface area contributed by atoms with Crippen LogP contribution in [0.1, 0.15) is 10.4 Å². The summed E-state index contributed by atoms with van der Waals surface area (Å²) in [5.41, 5.74) is 0.362. The average Bonchev–Trinajstić information content (AvgIpc) is 2.33. The molecule has 0 aliphatic rings. The molecule has 2 aromatic rings. The van der Waals surface area contributed by atoms with Crippen LogP contribution in [0.4, 0.5) is 15.8 Å². The van der Waals surface area contributed by atoms with E-state index < -0.39 is 11.8 Å². The van der Waals surface area contributed by atoms with Crippen LogP contribution in [0.2, 0.25) is 5.02 Å². The van der Waals surface area contributed by atoms with Gasteiger partial charge in [0.25, 0.3) is 0 Å². The summed E-state index contributed by atoms with van der Waals surface area (Å²) >= 11 is 5.63. The third kappa shape index (κ3) is 2.57. The van der Waals surface area contributed by atoms with Gasteiger partial charge in [-0.1, -0.05) is 11.6 Å². The predicted molar refractivity (Wildman–Crippen MR) is 65.9 cm³/mol. The van der Waals surface area contributed by atoms with Gasteiger partial charge in [0.05, 0.1) is 23.1 Å². The lowest BCUT2D eigenvalue weighted by Gasteiger charge is -2.09. The second-order valence-electron chi connectivity index (χ2n) is 3.48. The minimum Gasteiger partial charge on any atom is -0.478 e. The molecule has 1 aromatic heterocycles. The number of carboxylic acid groups (broad SMARTS) is 1. The molecule has 0 radical (unpaired) electrons. The number of pyridine rings is 1. The number of nitrogens with zero attached hydrogens (tertiary/aromatic N) is 1. The number of carbonyl (C=O) groups is 1. The molecule has 0 fully saturated rings. The summed E-state index contributed by atoms with van der Waals surface area (Å²) in [7, 11) is 0. The Morgan fingerprint density at radius 2 is 2.11 bits per heavy atom. The molecule has 0 saturated heterocycles. The van der Waals surface area contributed by atoms with Crippen molar-refractivity contribution >= 4 is 28.9 Å². The lowest BCUT2D eigenvalue weighted by molar-refractivity contribution is 0.0698. The molecule has 1 heterocycles. The second-order valence-corrected chi connectivity index (χ2v) is 3.91. The van der Waals surface area contributed by atoms with Crippen LogP contribution in [0.15, 0.2) is 36.7 Å². The Kier molecular flexibility index (Phi) is 3.43. The largest absolute Gasteiger partial charge is 0.478 e. The van der Waals surface area contributed by atoms with Gasteiger partial charge in [-0.2, -0.15) is 0 Å². The third-order valence-electron chi connectivity index (χ3n) is 2.25. The summed E-state index contributed by atoms with van der Waals surface area (Å²) in [6, 6.07) is 5.40. The van der Waals surface area contributed by atoms with Gasteiger partial charge < -0.3 is 10.4 Å². The summed E-state index contributed by atoms with van der Waals surface area (Å²) in [6.07, 6.45) is 2.67. The number of rotatable bonds is 3. The van der Waals surface area contributed by atoms with Crippen molar-refractivity contribution in [1.82, 2.24) is 4.98 Å². The maximum Gasteiger partial charge on any atom is 0.337 e. The van der Waals surface area contributed by atoms with Crippen LogP contribution in [0.25, 0.3) is 0 Å². The minimum absolute atomic E-state index is 0.0133. The molecule has 0 bridgehead atoms. The van der Waals surface area contributed by atoms with Crippen molar-refractivity contribution in [2.45, 2.75) is 0 Å². The van der Waals surface area contributed by atoms with Crippen LogP contribution >= 0.6 is 11.6 Å². The molecular formula is C12H8ClFN2O2. The zero-order valence-electron chi connectivity index (χ0n) is 9.02. The molecule has 18 heavy (non-hydrogen) atoms. The van der Waals surface area contributed by atoms with Crippen LogP contribution in [0.5, 0.6) is 0 Å². The number of nitrogens with one attached hydrogen (secondary N) is 1. The van der Waals surface area contributed by atoms with Gasteiger partial charge >= 0.3 is 5.97 Å². The molecule has 0 amide bonds. The number of carboxylic acids is 1. The molecule has 4 nitrogen and oxygen atoms in total. The fourth-order valence-corrected chi connectivity index (χ4v) is 1.58. The Morgan fingerprint density at radius 1 is 1.33 bits per heavy atom. The average molecular weight is 267 g/mol. The number of halogens is 2. The zero-order chi connectivity index (χ0) is 13.1. The monoisotopic (exact) mass is 266 g/mol. The Labute approximate surface area is 107 Å². The zero-order valence-corrected chi connectivity index (χ0v) is 9.78. The second kappa shape index (κ2) is 5.01. The van der Waals surface area contributed by atoms with E-state index in [2.05, 4.69) is 10.3 Å². The highest BCUT2D eigenvalue weighted by atomic mass is 35.5. The van der Waals surface area contributed by atoms with Crippen LogP contribution in [0.3, 0.4) is 0 Å². The first-order valence-electron chi connectivity index (χ1n) is 4.97. The number of aromatic nitrogens is 1. The Bertz CT molecular complexity index is 604. The number of aromatic carboxylic acids is 1. The fraction of sp³-hybridized carbons (Fsp3) is 0. The molecule has 0 aliphatic carbocycles. The van der Waals surface area contributed by atoms with E-state index in [0.717, 1.165) is 6.07 Å². The van der Waals surface area contributed by atoms with E-state index in [1.54, 1.807) is 0 Å². The standard InChI is InChI=1S/C12H8ClFN2O2/c13-7-1-2-10(9(14)5-7)16-11-6-15-4-3-8(11)12(17)18/h1-6,16H,(H,17,18). The highest BCUT2D eigenvalue weighted by molar-refractivity contribution is 6.30. The van der Waals surface area contributed by atoms with Gasteiger partial charge in [0.15, 0.2) is 0 Å². The third-order valence-corrected chi connectivity index (χ3v) is 2.49. The van der Waals surface area contributed by atoms with Crippen molar-refractivity contribution in [3.8, 4) is 0 Å². The molecular weight excluding hydrogens is 259 g/mol. The molecule has 0 aliphatic heterocycles. The maximum atomic E-state index is 13.6. The van der Waals surface area contributed by atoms with E-state index in [0.29, 0.717) is 0 Å². The first-order chi connectivity index (χ1) is 8.58. The number of hydrogen-bond acceptors (Lipinski definition) is 3. The summed E-state index contributed by atoms with van der Waals surface area (Å²) in [5, 5.41) is 11.9. The molecule has 2 N–H and O–H groups in total. The Morgan fingerprint density at radius 3 is 2.78 bits per heavy atom. The first-order valence-corrected chi connectivity index (χ1v) is 5.35. The summed E-state index contributed by atoms with van der Waals surface area (Å²) in [4.78, 5) is 14.8. The first kappa shape index (κ1) is 12.3. The molecule has 92 valence electrons. The SMILES string of the molecule is O=C(O)c1ccncc1Nc1ccc(Cl)cc1F. The van der Waals surface area contributed by atoms with Gasteiger partial charge in [-0.25, -0.2) is 9.18 Å². The lowest BCUT2D eigenvalue weighted by Crippen LogP contribution is -2.04. The predicted octanol–water partition coefficient (Wildman–Crippen LogP) is 3.32. The molecule has 1 aromatic carbocycles. The van der Waals surface area contributed by atoms with E-state index in [4.69, 9.17) is 16.7 Å². The molecule has 6 heteroatoms. The number of benzene rings is 1. The van der Waals surface area contributed by atoms with Gasteiger partial charge in [0, 0.05) is 11.2 Å². The maximum absolute atomic E-state index is 13.6. The molecule has 2 rings (SSSR count). The van der Waals surface area contributed by atoms with Crippen LogP contribution < -0.4 is 5.32 Å². The van der Waals surface area contributed by atoms with Crippen LogP contribution in [-0.2, 0) is 0 Å². The smallest absolute Gasteiger partial charge is 0.337 e. The fourth-order valence-electron chi connectivity index (χ4n) is 1.42. The number of anilines is 2. The van der Waals surface area contributed by atoms with Gasteiger partial charge in [0.1, 0.15) is 5.82 Å². The van der Waals surface area contributed by atoms with Crippen LogP contribution in [0, 0.1) is 5.82 Å². The van der Waals surface area contributed by atoms with E-state index in [-0.39, 0.29) is 22.0 Å². The van der Waals surface area contributed by atoms with Gasteiger partial charge in [0.2, 0.25) is 0 Å². The topological polar surface area (TPSA) is 62.2 Å². The normalized spacial score (nSPS) is 10.1. The molecule has 0 unspecified atom stereocenters. The molecule has 0 atom stereocenters. The highest BCUT2D eigenvalue weighted by Gasteiger charge is 2.11. The highest BCUT2D eigenvalue weighted by Crippen LogP contribution is 2.24. The van der Waals surface area contributed by atoms with E-state index in [9.17, 15) is 9.18 Å². The van der Waals surface area contributed by atoms with Crippen LogP contribution in [-0.4, -0.2) is 16.1 Å². The van der Waals surface area contributed by atoms with Crippen molar-refractivity contribution < 1.29 is 14.3 Å². The lowest BCUT2D eigenvalue weighted by atomic mass is 10.2. The Balaban J connectivity index is 2.37. The van der Waals surface area contributed by atoms with Crippen molar-refractivity contribution in [3.05, 3.63) is 53.1 Å². The minimum atomic E-state index is -1.12. The Hall–Kier alpha value is -2.14. The van der Waals surface area contributed by atoms with E-state index in [1.807, 2.05) is 0 Å². The van der Waals surface area contributed by atoms with E-state index in [1.165, 1.54) is 30.6 Å². The van der Waals surface area contributed by atoms with Gasteiger partial charge in [-0.3, -0.25) is 4.98 Å². The van der Waals surface area contributed by atoms with Crippen molar-refractivity contribution in [2.75, 3.05) is 5.32 Å². The molecule has 0 saturated carbocycles. The van der Waals surface area contributed by atoms with Crippen molar-refractivity contribution in [2.24, 2.45) is 0 Å². The van der Waals surface area contributed by atoms with Crippen molar-refractivity contribution in [1.29, 1.82) is 0 Å². The molecule has 0 spiro atoms. The van der Waals surface area contributed by atoms with Gasteiger partial charge in [-0.15, -0.1) is 0 Å². The quantitative estimate of drug-likeness (QED) is 0.895. The van der Waals surface area contributed by atoms with Crippen molar-refractivity contribution in [3.63, 3.8) is 0 Å². The van der Waals surface area contributed by atoms with Gasteiger partial charge in [-0.05, 0) is 24.3 Å².